The van der Waals surface area contributed by atoms with E-state index in [1.807, 2.05) is 60.7 Å². The molecule has 0 aromatic heterocycles. The van der Waals surface area contributed by atoms with Crippen LogP contribution in [0.1, 0.15) is 18.1 Å². The summed E-state index contributed by atoms with van der Waals surface area (Å²) in [5.74, 6) is -0.906. The van der Waals surface area contributed by atoms with Gasteiger partial charge in [-0.15, -0.1) is 0 Å². The average molecular weight is 390 g/mol. The Morgan fingerprint density at radius 2 is 1.38 bits per heavy atom. The zero-order chi connectivity index (χ0) is 20.6. The first-order valence-electron chi connectivity index (χ1n) is 9.43. The third-order valence-electron chi connectivity index (χ3n) is 4.64. The van der Waals surface area contributed by atoms with Crippen LogP contribution in [0.15, 0.2) is 84.9 Å². The molecule has 0 fully saturated rings. The lowest BCUT2D eigenvalue weighted by molar-refractivity contribution is -0.134. The van der Waals surface area contributed by atoms with Crippen molar-refractivity contribution < 1.29 is 14.0 Å². The first-order valence-corrected chi connectivity index (χ1v) is 9.43. The van der Waals surface area contributed by atoms with Gasteiger partial charge in [-0.2, -0.15) is 0 Å². The number of halogens is 1. The van der Waals surface area contributed by atoms with Gasteiger partial charge in [0, 0.05) is 24.7 Å². The number of carbonyl (C=O) groups is 2. The van der Waals surface area contributed by atoms with Crippen LogP contribution in [0.4, 0.5) is 10.1 Å². The second-order valence-corrected chi connectivity index (χ2v) is 6.77. The maximum Gasteiger partial charge on any atom is 0.246 e. The number of anilines is 1. The van der Waals surface area contributed by atoms with Crippen LogP contribution < -0.4 is 4.90 Å². The van der Waals surface area contributed by atoms with Crippen LogP contribution in [0.25, 0.3) is 0 Å². The number of hydrogen-bond donors (Lipinski definition) is 0. The first kappa shape index (κ1) is 20.3. The van der Waals surface area contributed by atoms with E-state index >= 15 is 0 Å². The van der Waals surface area contributed by atoms with Crippen LogP contribution >= 0.6 is 0 Å². The highest BCUT2D eigenvalue weighted by atomic mass is 19.1. The van der Waals surface area contributed by atoms with Gasteiger partial charge in [-0.1, -0.05) is 66.7 Å². The molecule has 0 saturated heterocycles. The number of benzene rings is 3. The van der Waals surface area contributed by atoms with E-state index < -0.39 is 5.82 Å². The molecule has 148 valence electrons. The lowest BCUT2D eigenvalue weighted by Gasteiger charge is -2.27. The molecule has 0 N–H and O–H groups in total. The van der Waals surface area contributed by atoms with Gasteiger partial charge < -0.3 is 9.80 Å². The lowest BCUT2D eigenvalue weighted by Crippen LogP contribution is -2.42. The van der Waals surface area contributed by atoms with Gasteiger partial charge in [0.05, 0.1) is 6.54 Å². The Hall–Kier alpha value is -3.47. The minimum absolute atomic E-state index is 0.0434. The quantitative estimate of drug-likeness (QED) is 0.600. The Morgan fingerprint density at radius 3 is 2.00 bits per heavy atom. The predicted octanol–water partition coefficient (Wildman–Crippen LogP) is 4.41. The standard InChI is InChI=1S/C24H23FN2O2/c1-19(28)26(17-21-12-8-9-15-23(21)25)18-24(29)27(22-13-6-3-7-14-22)16-20-10-4-2-5-11-20/h2-15H,16-18H2,1H3. The molecule has 0 bridgehead atoms. The maximum atomic E-state index is 14.0. The van der Waals surface area contributed by atoms with E-state index in [4.69, 9.17) is 0 Å². The fourth-order valence-corrected chi connectivity index (χ4v) is 3.06. The van der Waals surface area contributed by atoms with Crippen molar-refractivity contribution in [2.75, 3.05) is 11.4 Å². The van der Waals surface area contributed by atoms with Gasteiger partial charge in [-0.25, -0.2) is 4.39 Å². The van der Waals surface area contributed by atoms with Crippen molar-refractivity contribution in [3.63, 3.8) is 0 Å². The second-order valence-electron chi connectivity index (χ2n) is 6.77. The van der Waals surface area contributed by atoms with Crippen molar-refractivity contribution in [2.24, 2.45) is 0 Å². The molecule has 0 spiro atoms. The van der Waals surface area contributed by atoms with Crippen LogP contribution in [0.3, 0.4) is 0 Å². The van der Waals surface area contributed by atoms with Crippen molar-refractivity contribution in [2.45, 2.75) is 20.0 Å². The van der Waals surface area contributed by atoms with Gasteiger partial charge in [-0.05, 0) is 23.8 Å². The van der Waals surface area contributed by atoms with E-state index in [-0.39, 0.29) is 24.9 Å². The van der Waals surface area contributed by atoms with E-state index in [0.717, 1.165) is 11.3 Å². The molecule has 2 amide bonds. The summed E-state index contributed by atoms with van der Waals surface area (Å²) in [6, 6.07) is 25.3. The topological polar surface area (TPSA) is 40.6 Å². The first-order chi connectivity index (χ1) is 14.0. The highest BCUT2D eigenvalue weighted by Gasteiger charge is 2.22. The molecule has 0 aliphatic rings. The van der Waals surface area contributed by atoms with Gasteiger partial charge in [0.2, 0.25) is 11.8 Å². The molecule has 4 nitrogen and oxygen atoms in total. The molecule has 29 heavy (non-hydrogen) atoms. The minimum Gasteiger partial charge on any atom is -0.329 e. The number of para-hydroxylation sites is 1. The van der Waals surface area contributed by atoms with Crippen LogP contribution in [-0.2, 0) is 22.7 Å². The zero-order valence-corrected chi connectivity index (χ0v) is 16.3. The molecule has 0 saturated carbocycles. The van der Waals surface area contributed by atoms with E-state index in [2.05, 4.69) is 0 Å². The van der Waals surface area contributed by atoms with Gasteiger partial charge in [0.25, 0.3) is 0 Å². The summed E-state index contributed by atoms with van der Waals surface area (Å²) < 4.78 is 14.0. The third kappa shape index (κ3) is 5.51. The molecular formula is C24H23FN2O2. The van der Waals surface area contributed by atoms with Crippen molar-refractivity contribution in [3.05, 3.63) is 102 Å². The van der Waals surface area contributed by atoms with Crippen LogP contribution in [-0.4, -0.2) is 23.3 Å². The fraction of sp³-hybridized carbons (Fsp3) is 0.167. The Morgan fingerprint density at radius 1 is 0.793 bits per heavy atom. The largest absolute Gasteiger partial charge is 0.329 e. The van der Waals surface area contributed by atoms with E-state index in [1.165, 1.54) is 17.9 Å². The number of hydrogen-bond acceptors (Lipinski definition) is 2. The summed E-state index contributed by atoms with van der Waals surface area (Å²) in [6.45, 7) is 1.68. The molecular weight excluding hydrogens is 367 g/mol. The fourth-order valence-electron chi connectivity index (χ4n) is 3.06. The SMILES string of the molecule is CC(=O)N(CC(=O)N(Cc1ccccc1)c1ccccc1)Cc1ccccc1F. The molecule has 0 atom stereocenters. The summed E-state index contributed by atoms with van der Waals surface area (Å²) >= 11 is 0. The van der Waals surface area contributed by atoms with E-state index in [0.29, 0.717) is 12.1 Å². The molecule has 3 aromatic carbocycles. The lowest BCUT2D eigenvalue weighted by atomic mass is 10.1. The molecule has 0 aliphatic heterocycles. The number of amides is 2. The van der Waals surface area contributed by atoms with E-state index in [1.54, 1.807) is 23.1 Å². The normalized spacial score (nSPS) is 10.4. The van der Waals surface area contributed by atoms with Crippen molar-refractivity contribution in [1.29, 1.82) is 0 Å². The Bertz CT molecular complexity index is 961. The minimum atomic E-state index is -0.393. The number of rotatable bonds is 7. The molecule has 0 aliphatic carbocycles. The van der Waals surface area contributed by atoms with Crippen molar-refractivity contribution in [3.8, 4) is 0 Å². The summed E-state index contributed by atoms with van der Waals surface area (Å²) in [5, 5.41) is 0. The summed E-state index contributed by atoms with van der Waals surface area (Å²) in [5.41, 5.74) is 2.11. The van der Waals surface area contributed by atoms with E-state index in [9.17, 15) is 14.0 Å². The number of carbonyl (C=O) groups excluding carboxylic acids is 2. The Balaban J connectivity index is 1.82. The van der Waals surface area contributed by atoms with Crippen LogP contribution in [0.5, 0.6) is 0 Å². The predicted molar refractivity (Wildman–Crippen MR) is 112 cm³/mol. The van der Waals surface area contributed by atoms with Crippen LogP contribution in [0.2, 0.25) is 0 Å². The zero-order valence-electron chi connectivity index (χ0n) is 16.3. The Labute approximate surface area is 170 Å². The highest BCUT2D eigenvalue weighted by Crippen LogP contribution is 2.18. The van der Waals surface area contributed by atoms with Gasteiger partial charge in [0.15, 0.2) is 0 Å². The molecule has 0 radical (unpaired) electrons. The van der Waals surface area contributed by atoms with Crippen LogP contribution in [0, 0.1) is 5.82 Å². The monoisotopic (exact) mass is 390 g/mol. The molecule has 0 heterocycles. The smallest absolute Gasteiger partial charge is 0.246 e. The third-order valence-corrected chi connectivity index (χ3v) is 4.64. The summed E-state index contributed by atoms with van der Waals surface area (Å²) in [7, 11) is 0. The molecule has 3 rings (SSSR count). The van der Waals surface area contributed by atoms with Gasteiger partial charge >= 0.3 is 0 Å². The second kappa shape index (κ2) is 9.64. The molecule has 3 aromatic rings. The maximum absolute atomic E-state index is 14.0. The highest BCUT2D eigenvalue weighted by molar-refractivity contribution is 5.96. The average Bonchev–Trinajstić information content (AvgIpc) is 2.74. The van der Waals surface area contributed by atoms with Crippen molar-refractivity contribution in [1.82, 2.24) is 4.90 Å². The molecule has 5 heteroatoms. The van der Waals surface area contributed by atoms with Gasteiger partial charge in [-0.3, -0.25) is 9.59 Å². The number of nitrogens with zero attached hydrogens (tertiary/aromatic N) is 2. The molecule has 0 unspecified atom stereocenters. The van der Waals surface area contributed by atoms with Crippen molar-refractivity contribution >= 4 is 17.5 Å². The summed E-state index contributed by atoms with van der Waals surface area (Å²) in [4.78, 5) is 28.3. The Kier molecular flexibility index (Phi) is 6.74. The van der Waals surface area contributed by atoms with Gasteiger partial charge in [0.1, 0.15) is 12.4 Å². The summed E-state index contributed by atoms with van der Waals surface area (Å²) in [6.07, 6.45) is 0.